The van der Waals surface area contributed by atoms with Gasteiger partial charge in [-0.05, 0) is 12.8 Å². The zero-order chi connectivity index (χ0) is 6.91. The first-order valence-corrected chi connectivity index (χ1v) is 3.96. The van der Waals surface area contributed by atoms with Gasteiger partial charge in [-0.1, -0.05) is 13.3 Å². The summed E-state index contributed by atoms with van der Waals surface area (Å²) in [5, 5.41) is 9.36. The smallest absolute Gasteiger partial charge is 0.0605 e. The van der Waals surface area contributed by atoms with Crippen LogP contribution < -0.4 is 0 Å². The highest BCUT2D eigenvalue weighted by Gasteiger charge is 2.36. The second-order valence-electron chi connectivity index (χ2n) is 3.20. The first-order valence-electron chi connectivity index (χ1n) is 3.43. The first kappa shape index (κ1) is 7.36. The van der Waals surface area contributed by atoms with Crippen molar-refractivity contribution in [2.24, 2.45) is 5.41 Å². The van der Waals surface area contributed by atoms with Gasteiger partial charge >= 0.3 is 0 Å². The fraction of sp³-hybridized carbons (Fsp3) is 1.00. The van der Waals surface area contributed by atoms with Gasteiger partial charge in [0.25, 0.3) is 0 Å². The molecule has 0 aromatic carbocycles. The van der Waals surface area contributed by atoms with Crippen LogP contribution >= 0.6 is 11.6 Å². The van der Waals surface area contributed by atoms with Gasteiger partial charge in [-0.3, -0.25) is 0 Å². The summed E-state index contributed by atoms with van der Waals surface area (Å²) in [7, 11) is 0. The maximum atomic E-state index is 9.36. The van der Waals surface area contributed by atoms with E-state index in [1.165, 1.54) is 0 Å². The van der Waals surface area contributed by atoms with Crippen LogP contribution in [0.4, 0.5) is 0 Å². The van der Waals surface area contributed by atoms with Crippen LogP contribution in [0.2, 0.25) is 0 Å². The largest absolute Gasteiger partial charge is 0.393 e. The van der Waals surface area contributed by atoms with Crippen molar-refractivity contribution in [3.8, 4) is 0 Å². The molecule has 2 atom stereocenters. The number of alkyl halides is 1. The molecule has 1 aliphatic rings. The minimum Gasteiger partial charge on any atom is -0.393 e. The van der Waals surface area contributed by atoms with Crippen molar-refractivity contribution < 1.29 is 5.11 Å². The predicted molar refractivity (Wildman–Crippen MR) is 38.7 cm³/mol. The molecule has 9 heavy (non-hydrogen) atoms. The third kappa shape index (κ3) is 1.22. The first-order chi connectivity index (χ1) is 4.19. The van der Waals surface area contributed by atoms with Gasteiger partial charge in [-0.25, -0.2) is 0 Å². The number of aliphatic hydroxyl groups excluding tert-OH is 1. The van der Waals surface area contributed by atoms with Crippen molar-refractivity contribution in [3.63, 3.8) is 0 Å². The van der Waals surface area contributed by atoms with E-state index in [0.717, 1.165) is 19.3 Å². The van der Waals surface area contributed by atoms with E-state index >= 15 is 0 Å². The molecule has 1 nitrogen and oxygen atoms in total. The van der Waals surface area contributed by atoms with Crippen molar-refractivity contribution >= 4 is 11.6 Å². The lowest BCUT2D eigenvalue weighted by atomic mass is 9.89. The molecule has 0 bridgehead atoms. The topological polar surface area (TPSA) is 20.2 Å². The molecule has 0 radical (unpaired) electrons. The Labute approximate surface area is 61.0 Å². The predicted octanol–water partition coefficient (Wildman–Crippen LogP) is 1.78. The Balaban J connectivity index is 2.56. The molecule has 0 amide bonds. The van der Waals surface area contributed by atoms with Crippen molar-refractivity contribution in [2.75, 3.05) is 5.88 Å². The standard InChI is InChI=1S/C7H13ClO/c1-7(5-8)4-2-3-6(7)9/h6,9H,2-5H2,1H3. The van der Waals surface area contributed by atoms with Crippen LogP contribution in [0.15, 0.2) is 0 Å². The fourth-order valence-electron chi connectivity index (χ4n) is 1.37. The van der Waals surface area contributed by atoms with Gasteiger partial charge in [0, 0.05) is 11.3 Å². The number of halogens is 1. The Hall–Kier alpha value is 0.250. The molecule has 0 saturated heterocycles. The zero-order valence-electron chi connectivity index (χ0n) is 5.73. The van der Waals surface area contributed by atoms with E-state index in [1.54, 1.807) is 0 Å². The molecular weight excluding hydrogens is 136 g/mol. The Morgan fingerprint density at radius 3 is 2.67 bits per heavy atom. The molecule has 0 heterocycles. The lowest BCUT2D eigenvalue weighted by Gasteiger charge is -2.24. The Kier molecular flexibility index (Phi) is 2.02. The van der Waals surface area contributed by atoms with E-state index in [2.05, 4.69) is 6.92 Å². The Morgan fingerprint density at radius 2 is 2.44 bits per heavy atom. The van der Waals surface area contributed by atoms with Gasteiger partial charge in [0.2, 0.25) is 0 Å². The van der Waals surface area contributed by atoms with Crippen LogP contribution in [0.5, 0.6) is 0 Å². The van der Waals surface area contributed by atoms with Crippen molar-refractivity contribution in [1.82, 2.24) is 0 Å². The highest BCUT2D eigenvalue weighted by Crippen LogP contribution is 2.38. The summed E-state index contributed by atoms with van der Waals surface area (Å²) >= 11 is 5.68. The van der Waals surface area contributed by atoms with Crippen LogP contribution in [-0.2, 0) is 0 Å². The monoisotopic (exact) mass is 148 g/mol. The highest BCUT2D eigenvalue weighted by atomic mass is 35.5. The Bertz CT molecular complexity index is 105. The molecule has 1 aliphatic carbocycles. The van der Waals surface area contributed by atoms with Crippen LogP contribution in [0, 0.1) is 5.41 Å². The minimum atomic E-state index is -0.157. The van der Waals surface area contributed by atoms with Gasteiger partial charge < -0.3 is 5.11 Å². The van der Waals surface area contributed by atoms with Crippen LogP contribution in [0.3, 0.4) is 0 Å². The zero-order valence-corrected chi connectivity index (χ0v) is 6.49. The van der Waals surface area contributed by atoms with Gasteiger partial charge in [0.15, 0.2) is 0 Å². The Morgan fingerprint density at radius 1 is 1.78 bits per heavy atom. The van der Waals surface area contributed by atoms with Crippen molar-refractivity contribution in [2.45, 2.75) is 32.3 Å². The molecule has 0 aromatic heterocycles. The molecule has 2 heteroatoms. The maximum Gasteiger partial charge on any atom is 0.0605 e. The lowest BCUT2D eigenvalue weighted by molar-refractivity contribution is 0.0821. The quantitative estimate of drug-likeness (QED) is 0.562. The van der Waals surface area contributed by atoms with Gasteiger partial charge in [0.05, 0.1) is 6.10 Å². The SMILES string of the molecule is CC1(CCl)CCCC1O. The van der Waals surface area contributed by atoms with E-state index in [1.807, 2.05) is 0 Å². The van der Waals surface area contributed by atoms with Gasteiger partial charge in [-0.15, -0.1) is 11.6 Å². The summed E-state index contributed by atoms with van der Waals surface area (Å²) in [6.07, 6.45) is 2.99. The molecule has 1 fully saturated rings. The van der Waals surface area contributed by atoms with Crippen LogP contribution in [0.25, 0.3) is 0 Å². The summed E-state index contributed by atoms with van der Waals surface area (Å²) in [4.78, 5) is 0. The lowest BCUT2D eigenvalue weighted by Crippen LogP contribution is -2.27. The van der Waals surface area contributed by atoms with Gasteiger partial charge in [-0.2, -0.15) is 0 Å². The second-order valence-corrected chi connectivity index (χ2v) is 3.46. The molecule has 0 spiro atoms. The number of hydrogen-bond acceptors (Lipinski definition) is 1. The van der Waals surface area contributed by atoms with Crippen LogP contribution in [-0.4, -0.2) is 17.1 Å². The van der Waals surface area contributed by atoms with Crippen molar-refractivity contribution in [3.05, 3.63) is 0 Å². The number of aliphatic hydroxyl groups is 1. The number of hydrogen-bond donors (Lipinski definition) is 1. The van der Waals surface area contributed by atoms with Crippen LogP contribution in [0.1, 0.15) is 26.2 Å². The normalized spacial score (nSPS) is 43.7. The summed E-state index contributed by atoms with van der Waals surface area (Å²) in [6, 6.07) is 0. The fourth-order valence-corrected chi connectivity index (χ4v) is 1.68. The number of rotatable bonds is 1. The molecule has 1 N–H and O–H groups in total. The summed E-state index contributed by atoms with van der Waals surface area (Å²) in [6.45, 7) is 2.05. The van der Waals surface area contributed by atoms with E-state index in [4.69, 9.17) is 11.6 Å². The van der Waals surface area contributed by atoms with E-state index in [9.17, 15) is 5.11 Å². The summed E-state index contributed by atoms with van der Waals surface area (Å²) < 4.78 is 0. The molecule has 54 valence electrons. The molecule has 0 aliphatic heterocycles. The van der Waals surface area contributed by atoms with Gasteiger partial charge in [0.1, 0.15) is 0 Å². The molecule has 2 unspecified atom stereocenters. The highest BCUT2D eigenvalue weighted by molar-refractivity contribution is 6.18. The average molecular weight is 149 g/mol. The van der Waals surface area contributed by atoms with E-state index in [-0.39, 0.29) is 11.5 Å². The molecular formula is C7H13ClO. The summed E-state index contributed by atoms with van der Waals surface area (Å²) in [5.41, 5.74) is 0.0154. The van der Waals surface area contributed by atoms with E-state index < -0.39 is 0 Å². The molecule has 1 saturated carbocycles. The minimum absolute atomic E-state index is 0.0154. The second kappa shape index (κ2) is 2.47. The average Bonchev–Trinajstić information content (AvgIpc) is 2.15. The van der Waals surface area contributed by atoms with E-state index in [0.29, 0.717) is 5.88 Å². The van der Waals surface area contributed by atoms with Crippen molar-refractivity contribution in [1.29, 1.82) is 0 Å². The maximum absolute atomic E-state index is 9.36. The third-order valence-electron chi connectivity index (χ3n) is 2.34. The molecule has 0 aromatic rings. The summed E-state index contributed by atoms with van der Waals surface area (Å²) in [5.74, 6) is 0.591. The molecule has 1 rings (SSSR count). The third-order valence-corrected chi connectivity index (χ3v) is 2.95.